The van der Waals surface area contributed by atoms with Crippen LogP contribution in [0, 0.1) is 0 Å². The normalized spacial score (nSPS) is 10.3. The molecule has 0 radical (unpaired) electrons. The van der Waals surface area contributed by atoms with Gasteiger partial charge in [0, 0.05) is 30.1 Å². The maximum absolute atomic E-state index is 12.3. The second kappa shape index (κ2) is 8.09. The zero-order valence-electron chi connectivity index (χ0n) is 14.7. The number of amides is 2. The van der Waals surface area contributed by atoms with Crippen molar-refractivity contribution in [3.05, 3.63) is 77.3 Å². The van der Waals surface area contributed by atoms with Gasteiger partial charge in [-0.1, -0.05) is 30.3 Å². The van der Waals surface area contributed by atoms with Crippen LogP contribution < -0.4 is 16.2 Å². The van der Waals surface area contributed by atoms with Crippen LogP contribution in [-0.2, 0) is 16.1 Å². The van der Waals surface area contributed by atoms with Gasteiger partial charge in [0.2, 0.25) is 11.8 Å². The highest BCUT2D eigenvalue weighted by molar-refractivity contribution is 5.92. The van der Waals surface area contributed by atoms with Crippen molar-refractivity contribution < 1.29 is 9.59 Å². The molecule has 0 atom stereocenters. The molecule has 1 aromatic heterocycles. The minimum atomic E-state index is -0.356. The Labute approximate surface area is 155 Å². The highest BCUT2D eigenvalue weighted by Gasteiger charge is 2.08. The van der Waals surface area contributed by atoms with Crippen LogP contribution in [0.3, 0.4) is 0 Å². The molecule has 7 heteroatoms. The fraction of sp³-hybridized carbons (Fsp3) is 0.100. The Kier molecular flexibility index (Phi) is 5.41. The lowest BCUT2D eigenvalue weighted by molar-refractivity contribution is -0.117. The Morgan fingerprint density at radius 2 is 1.59 bits per heavy atom. The third-order valence-corrected chi connectivity index (χ3v) is 3.75. The van der Waals surface area contributed by atoms with Crippen molar-refractivity contribution in [2.45, 2.75) is 13.5 Å². The number of aromatic nitrogens is 2. The van der Waals surface area contributed by atoms with E-state index in [0.29, 0.717) is 17.1 Å². The maximum atomic E-state index is 12.3. The van der Waals surface area contributed by atoms with Gasteiger partial charge in [-0.05, 0) is 24.3 Å². The summed E-state index contributed by atoms with van der Waals surface area (Å²) in [5.74, 6) is -0.507. The number of hydrogen-bond acceptors (Lipinski definition) is 4. The molecule has 1 heterocycles. The number of hydrogen-bond donors (Lipinski definition) is 2. The highest BCUT2D eigenvalue weighted by atomic mass is 16.2. The van der Waals surface area contributed by atoms with Crippen molar-refractivity contribution in [2.24, 2.45) is 0 Å². The molecule has 0 bridgehead atoms. The summed E-state index contributed by atoms with van der Waals surface area (Å²) in [5.41, 5.74) is 2.33. The monoisotopic (exact) mass is 362 g/mol. The third kappa shape index (κ3) is 4.88. The zero-order chi connectivity index (χ0) is 19.2. The minimum absolute atomic E-state index is 0.130. The quantitative estimate of drug-likeness (QED) is 0.729. The van der Waals surface area contributed by atoms with Gasteiger partial charge in [-0.25, -0.2) is 4.98 Å². The molecule has 0 fully saturated rings. The summed E-state index contributed by atoms with van der Waals surface area (Å²) in [6, 6.07) is 16.1. The molecule has 0 aliphatic carbocycles. The van der Waals surface area contributed by atoms with Crippen molar-refractivity contribution in [2.75, 3.05) is 10.6 Å². The van der Waals surface area contributed by atoms with E-state index in [1.807, 2.05) is 30.3 Å². The van der Waals surface area contributed by atoms with E-state index in [0.717, 1.165) is 5.56 Å². The Balaban J connectivity index is 1.70. The van der Waals surface area contributed by atoms with Crippen LogP contribution >= 0.6 is 0 Å². The molecule has 2 amide bonds. The molecule has 0 saturated heterocycles. The predicted octanol–water partition coefficient (Wildman–Crippen LogP) is 2.51. The van der Waals surface area contributed by atoms with Crippen LogP contribution in [-0.4, -0.2) is 21.4 Å². The molecule has 0 aliphatic heterocycles. The van der Waals surface area contributed by atoms with Gasteiger partial charge < -0.3 is 15.2 Å². The van der Waals surface area contributed by atoms with Crippen LogP contribution in [0.2, 0.25) is 0 Å². The van der Waals surface area contributed by atoms with Gasteiger partial charge in [0.15, 0.2) is 0 Å². The number of carbonyl (C=O) groups excluding carboxylic acids is 2. The molecule has 0 unspecified atom stereocenters. The van der Waals surface area contributed by atoms with Crippen LogP contribution in [0.5, 0.6) is 0 Å². The number of rotatable bonds is 5. The molecular weight excluding hydrogens is 344 g/mol. The summed E-state index contributed by atoms with van der Waals surface area (Å²) in [5, 5.41) is 5.38. The van der Waals surface area contributed by atoms with Gasteiger partial charge in [-0.3, -0.25) is 14.4 Å². The van der Waals surface area contributed by atoms with Crippen LogP contribution in [0.1, 0.15) is 6.92 Å². The molecule has 27 heavy (non-hydrogen) atoms. The first-order valence-corrected chi connectivity index (χ1v) is 8.31. The molecule has 0 saturated carbocycles. The Hall–Kier alpha value is -3.74. The highest BCUT2D eigenvalue weighted by Crippen LogP contribution is 2.15. The first-order valence-electron chi connectivity index (χ1n) is 8.31. The average molecular weight is 362 g/mol. The molecule has 0 aliphatic rings. The second-order valence-corrected chi connectivity index (χ2v) is 5.91. The molecule has 3 aromatic rings. The number of benzene rings is 2. The molecule has 2 N–H and O–H groups in total. The lowest BCUT2D eigenvalue weighted by Crippen LogP contribution is -2.27. The Morgan fingerprint density at radius 3 is 2.22 bits per heavy atom. The summed E-state index contributed by atoms with van der Waals surface area (Å²) >= 11 is 0. The fourth-order valence-corrected chi connectivity index (χ4v) is 2.52. The Bertz CT molecular complexity index is 1010. The number of nitrogens with one attached hydrogen (secondary N) is 2. The smallest absolute Gasteiger partial charge is 0.269 e. The summed E-state index contributed by atoms with van der Waals surface area (Å²) in [6.45, 7) is 1.29. The summed E-state index contributed by atoms with van der Waals surface area (Å²) in [7, 11) is 0. The zero-order valence-corrected chi connectivity index (χ0v) is 14.7. The van der Waals surface area contributed by atoms with Gasteiger partial charge in [-0.2, -0.15) is 0 Å². The van der Waals surface area contributed by atoms with E-state index < -0.39 is 0 Å². The summed E-state index contributed by atoms with van der Waals surface area (Å²) < 4.78 is 1.32. The van der Waals surface area contributed by atoms with Crippen LogP contribution in [0.4, 0.5) is 11.4 Å². The number of carbonyl (C=O) groups is 2. The van der Waals surface area contributed by atoms with E-state index in [1.54, 1.807) is 30.5 Å². The Morgan fingerprint density at radius 1 is 0.963 bits per heavy atom. The largest absolute Gasteiger partial charge is 0.326 e. The standard InChI is InChI=1S/C20H18N4O3/c1-14(25)22-16-7-9-17(10-8-16)23-19(26)13-24-12-18(21-11-20(24)27)15-5-3-2-4-6-15/h2-12H,13H2,1H3,(H,22,25)(H,23,26). The minimum Gasteiger partial charge on any atom is -0.326 e. The molecule has 136 valence electrons. The molecule has 0 spiro atoms. The van der Waals surface area contributed by atoms with Crippen molar-refractivity contribution >= 4 is 23.2 Å². The van der Waals surface area contributed by atoms with Gasteiger partial charge in [0.25, 0.3) is 5.56 Å². The lowest BCUT2D eigenvalue weighted by atomic mass is 10.2. The van der Waals surface area contributed by atoms with E-state index >= 15 is 0 Å². The molecule has 7 nitrogen and oxygen atoms in total. The van der Waals surface area contributed by atoms with Crippen LogP contribution in [0.15, 0.2) is 71.8 Å². The fourth-order valence-electron chi connectivity index (χ4n) is 2.52. The lowest BCUT2D eigenvalue weighted by Gasteiger charge is -2.09. The van der Waals surface area contributed by atoms with Gasteiger partial charge in [-0.15, -0.1) is 0 Å². The third-order valence-electron chi connectivity index (χ3n) is 3.75. The SMILES string of the molecule is CC(=O)Nc1ccc(NC(=O)Cn2cc(-c3ccccc3)ncc2=O)cc1. The molecular formula is C20H18N4O3. The van der Waals surface area contributed by atoms with Gasteiger partial charge in [0.05, 0.1) is 11.9 Å². The maximum Gasteiger partial charge on any atom is 0.269 e. The topological polar surface area (TPSA) is 93.1 Å². The average Bonchev–Trinajstić information content (AvgIpc) is 2.65. The van der Waals surface area contributed by atoms with E-state index in [9.17, 15) is 14.4 Å². The van der Waals surface area contributed by atoms with Crippen molar-refractivity contribution in [1.82, 2.24) is 9.55 Å². The van der Waals surface area contributed by atoms with Crippen molar-refractivity contribution in [3.8, 4) is 11.3 Å². The second-order valence-electron chi connectivity index (χ2n) is 5.91. The van der Waals surface area contributed by atoms with E-state index in [2.05, 4.69) is 15.6 Å². The van der Waals surface area contributed by atoms with Gasteiger partial charge in [0.1, 0.15) is 6.54 Å². The van der Waals surface area contributed by atoms with E-state index in [-0.39, 0.29) is 23.9 Å². The van der Waals surface area contributed by atoms with E-state index in [4.69, 9.17) is 0 Å². The predicted molar refractivity (Wildman–Crippen MR) is 103 cm³/mol. The number of anilines is 2. The van der Waals surface area contributed by atoms with Crippen molar-refractivity contribution in [3.63, 3.8) is 0 Å². The molecule has 2 aromatic carbocycles. The summed E-state index contributed by atoms with van der Waals surface area (Å²) in [6.07, 6.45) is 2.77. The van der Waals surface area contributed by atoms with Crippen LogP contribution in [0.25, 0.3) is 11.3 Å². The first-order chi connectivity index (χ1) is 13.0. The number of nitrogens with zero attached hydrogens (tertiary/aromatic N) is 2. The summed E-state index contributed by atoms with van der Waals surface area (Å²) in [4.78, 5) is 39.5. The van der Waals surface area contributed by atoms with Gasteiger partial charge >= 0.3 is 0 Å². The van der Waals surface area contributed by atoms with E-state index in [1.165, 1.54) is 17.7 Å². The first kappa shape index (κ1) is 18.1. The molecule has 3 rings (SSSR count). The van der Waals surface area contributed by atoms with Crippen molar-refractivity contribution in [1.29, 1.82) is 0 Å².